The molecule has 1 aliphatic carbocycles. The van der Waals surface area contributed by atoms with Crippen molar-refractivity contribution in [2.24, 2.45) is 0 Å². The molecule has 0 radical (unpaired) electrons. The normalized spacial score (nSPS) is 18.0. The summed E-state index contributed by atoms with van der Waals surface area (Å²) in [6, 6.07) is 6.97. The minimum atomic E-state index is 0.535. The Morgan fingerprint density at radius 2 is 1.77 bits per heavy atom. The molecule has 4 heterocycles. The van der Waals surface area contributed by atoms with E-state index in [0.717, 1.165) is 54.6 Å². The van der Waals surface area contributed by atoms with Gasteiger partial charge in [-0.1, -0.05) is 19.3 Å². The number of imidazole rings is 1. The molecule has 1 saturated carbocycles. The topological polar surface area (TPSA) is 56.1 Å². The third-order valence-corrected chi connectivity index (χ3v) is 6.34. The highest BCUT2D eigenvalue weighted by Gasteiger charge is 2.21. The van der Waals surface area contributed by atoms with E-state index in [1.54, 1.807) is 0 Å². The summed E-state index contributed by atoms with van der Waals surface area (Å²) < 4.78 is 7.89. The Bertz CT molecular complexity index is 1000. The molecule has 0 bridgehead atoms. The predicted molar refractivity (Wildman–Crippen MR) is 119 cm³/mol. The highest BCUT2D eigenvalue weighted by Crippen LogP contribution is 2.34. The van der Waals surface area contributed by atoms with Crippen LogP contribution in [0.5, 0.6) is 0 Å². The lowest BCUT2D eigenvalue weighted by atomic mass is 9.95. The molecule has 3 aromatic rings. The molecule has 2 fully saturated rings. The second kappa shape index (κ2) is 8.56. The molecule has 30 heavy (non-hydrogen) atoms. The van der Waals surface area contributed by atoms with Gasteiger partial charge in [0.15, 0.2) is 5.82 Å². The summed E-state index contributed by atoms with van der Waals surface area (Å²) in [5, 5.41) is 0. The van der Waals surface area contributed by atoms with E-state index in [2.05, 4.69) is 44.6 Å². The fraction of sp³-hybridized carbons (Fsp3) is 0.458. The van der Waals surface area contributed by atoms with Crippen molar-refractivity contribution in [3.63, 3.8) is 0 Å². The predicted octanol–water partition coefficient (Wildman–Crippen LogP) is 4.66. The quantitative estimate of drug-likeness (QED) is 0.634. The van der Waals surface area contributed by atoms with Crippen molar-refractivity contribution in [3.05, 3.63) is 48.7 Å². The van der Waals surface area contributed by atoms with Gasteiger partial charge in [0, 0.05) is 49.0 Å². The number of rotatable bonds is 4. The molecule has 1 saturated heterocycles. The van der Waals surface area contributed by atoms with Gasteiger partial charge in [-0.25, -0.2) is 4.98 Å². The maximum Gasteiger partial charge on any atom is 0.159 e. The van der Waals surface area contributed by atoms with Gasteiger partial charge in [0.05, 0.1) is 25.1 Å². The summed E-state index contributed by atoms with van der Waals surface area (Å²) in [5.41, 5.74) is 5.53. The van der Waals surface area contributed by atoms with Crippen LogP contribution >= 0.6 is 0 Å². The molecule has 5 rings (SSSR count). The standard InChI is InChI=1S/C24H29N5O/c1-18-15-27-24(29(18)21-5-3-2-4-6-21)23-14-19(7-8-26-23)20-13-22(17-25-16-20)28-9-11-30-12-10-28/h7-8,13-17,21H,2-6,9-12H2,1H3. The summed E-state index contributed by atoms with van der Waals surface area (Å²) in [4.78, 5) is 16.3. The fourth-order valence-corrected chi connectivity index (χ4v) is 4.75. The zero-order valence-corrected chi connectivity index (χ0v) is 17.6. The third kappa shape index (κ3) is 3.84. The number of aromatic nitrogens is 4. The van der Waals surface area contributed by atoms with Gasteiger partial charge in [-0.2, -0.15) is 0 Å². The first-order valence-corrected chi connectivity index (χ1v) is 11.1. The van der Waals surface area contributed by atoms with Crippen LogP contribution in [-0.2, 0) is 4.74 Å². The van der Waals surface area contributed by atoms with Crippen LogP contribution in [0.15, 0.2) is 43.0 Å². The average Bonchev–Trinajstić information content (AvgIpc) is 3.22. The molecule has 6 heteroatoms. The monoisotopic (exact) mass is 403 g/mol. The van der Waals surface area contributed by atoms with Crippen molar-refractivity contribution in [1.82, 2.24) is 19.5 Å². The second-order valence-electron chi connectivity index (χ2n) is 8.35. The maximum atomic E-state index is 5.48. The smallest absolute Gasteiger partial charge is 0.159 e. The van der Waals surface area contributed by atoms with Crippen LogP contribution in [0.2, 0.25) is 0 Å². The first kappa shape index (κ1) is 19.2. The fourth-order valence-electron chi connectivity index (χ4n) is 4.75. The van der Waals surface area contributed by atoms with E-state index in [1.807, 2.05) is 24.8 Å². The molecule has 0 N–H and O–H groups in total. The summed E-state index contributed by atoms with van der Waals surface area (Å²) in [5.74, 6) is 0.985. The van der Waals surface area contributed by atoms with Gasteiger partial charge in [-0.3, -0.25) is 9.97 Å². The number of hydrogen-bond acceptors (Lipinski definition) is 5. The van der Waals surface area contributed by atoms with Gasteiger partial charge in [-0.15, -0.1) is 0 Å². The second-order valence-corrected chi connectivity index (χ2v) is 8.35. The number of nitrogens with zero attached hydrogens (tertiary/aromatic N) is 5. The third-order valence-electron chi connectivity index (χ3n) is 6.34. The number of morpholine rings is 1. The molecular weight excluding hydrogens is 374 g/mol. The molecule has 0 amide bonds. The van der Waals surface area contributed by atoms with E-state index >= 15 is 0 Å². The first-order valence-electron chi connectivity index (χ1n) is 11.1. The van der Waals surface area contributed by atoms with E-state index in [4.69, 9.17) is 9.72 Å². The Balaban J connectivity index is 1.47. The zero-order chi connectivity index (χ0) is 20.3. The summed E-state index contributed by atoms with van der Waals surface area (Å²) in [6.07, 6.45) is 14.2. The van der Waals surface area contributed by atoms with Gasteiger partial charge >= 0.3 is 0 Å². The minimum absolute atomic E-state index is 0.535. The highest BCUT2D eigenvalue weighted by molar-refractivity contribution is 5.70. The summed E-state index contributed by atoms with van der Waals surface area (Å²) in [7, 11) is 0. The van der Waals surface area contributed by atoms with E-state index in [1.165, 1.54) is 37.8 Å². The largest absolute Gasteiger partial charge is 0.378 e. The molecule has 3 aromatic heterocycles. The van der Waals surface area contributed by atoms with Crippen molar-refractivity contribution >= 4 is 5.69 Å². The summed E-state index contributed by atoms with van der Waals surface area (Å²) >= 11 is 0. The lowest BCUT2D eigenvalue weighted by molar-refractivity contribution is 0.122. The Labute approximate surface area is 177 Å². The maximum absolute atomic E-state index is 5.48. The Morgan fingerprint density at radius 1 is 0.933 bits per heavy atom. The molecule has 0 unspecified atom stereocenters. The zero-order valence-electron chi connectivity index (χ0n) is 17.6. The van der Waals surface area contributed by atoms with Crippen molar-refractivity contribution in [3.8, 4) is 22.6 Å². The van der Waals surface area contributed by atoms with Crippen LogP contribution in [0, 0.1) is 6.92 Å². The van der Waals surface area contributed by atoms with Gasteiger partial charge in [0.1, 0.15) is 5.69 Å². The number of pyridine rings is 2. The molecule has 2 aliphatic rings. The van der Waals surface area contributed by atoms with Gasteiger partial charge < -0.3 is 14.2 Å². The summed E-state index contributed by atoms with van der Waals surface area (Å²) in [6.45, 7) is 5.51. The number of hydrogen-bond donors (Lipinski definition) is 0. The number of anilines is 1. The van der Waals surface area contributed by atoms with Crippen LogP contribution in [-0.4, -0.2) is 45.8 Å². The van der Waals surface area contributed by atoms with E-state index in [9.17, 15) is 0 Å². The molecule has 0 aromatic carbocycles. The Morgan fingerprint density at radius 3 is 2.60 bits per heavy atom. The minimum Gasteiger partial charge on any atom is -0.378 e. The van der Waals surface area contributed by atoms with Gasteiger partial charge in [0.2, 0.25) is 0 Å². The molecule has 6 nitrogen and oxygen atoms in total. The van der Waals surface area contributed by atoms with E-state index in [-0.39, 0.29) is 0 Å². The average molecular weight is 404 g/mol. The van der Waals surface area contributed by atoms with Crippen molar-refractivity contribution in [2.45, 2.75) is 45.1 Å². The van der Waals surface area contributed by atoms with Crippen LogP contribution < -0.4 is 4.90 Å². The van der Waals surface area contributed by atoms with Crippen LogP contribution in [0.25, 0.3) is 22.6 Å². The van der Waals surface area contributed by atoms with E-state index in [0.29, 0.717) is 6.04 Å². The van der Waals surface area contributed by atoms with Crippen molar-refractivity contribution < 1.29 is 4.74 Å². The first-order chi connectivity index (χ1) is 14.8. The number of aryl methyl sites for hydroxylation is 1. The SMILES string of the molecule is Cc1cnc(-c2cc(-c3cncc(N4CCOCC4)c3)ccn2)n1C1CCCCC1. The molecular formula is C24H29N5O. The van der Waals surface area contributed by atoms with Gasteiger partial charge in [0.25, 0.3) is 0 Å². The van der Waals surface area contributed by atoms with Crippen LogP contribution in [0.1, 0.15) is 43.8 Å². The Kier molecular flexibility index (Phi) is 5.49. The van der Waals surface area contributed by atoms with Crippen molar-refractivity contribution in [2.75, 3.05) is 31.2 Å². The van der Waals surface area contributed by atoms with Gasteiger partial charge in [-0.05, 0) is 43.5 Å². The molecule has 1 aliphatic heterocycles. The van der Waals surface area contributed by atoms with Crippen LogP contribution in [0.3, 0.4) is 0 Å². The molecule has 0 spiro atoms. The van der Waals surface area contributed by atoms with E-state index < -0.39 is 0 Å². The highest BCUT2D eigenvalue weighted by atomic mass is 16.5. The molecule has 0 atom stereocenters. The lowest BCUT2D eigenvalue weighted by Crippen LogP contribution is -2.36. The molecule has 156 valence electrons. The van der Waals surface area contributed by atoms with Crippen LogP contribution in [0.4, 0.5) is 5.69 Å². The Hall–Kier alpha value is -2.73. The lowest BCUT2D eigenvalue weighted by Gasteiger charge is -2.28. The number of ether oxygens (including phenoxy) is 1. The van der Waals surface area contributed by atoms with Crippen molar-refractivity contribution in [1.29, 1.82) is 0 Å².